The van der Waals surface area contributed by atoms with Crippen LogP contribution in [0.1, 0.15) is 34.3 Å². The van der Waals surface area contributed by atoms with E-state index in [0.29, 0.717) is 11.0 Å². The van der Waals surface area contributed by atoms with Gasteiger partial charge in [0.2, 0.25) is 0 Å². The Morgan fingerprint density at radius 3 is 2.47 bits per heavy atom. The summed E-state index contributed by atoms with van der Waals surface area (Å²) < 4.78 is 15.4. The molecule has 0 aliphatic heterocycles. The molecule has 0 radical (unpaired) electrons. The van der Waals surface area contributed by atoms with Gasteiger partial charge in [-0.1, -0.05) is 23.9 Å². The number of nitrogens with zero attached hydrogens (tertiary/aromatic N) is 4. The highest BCUT2D eigenvalue weighted by Crippen LogP contribution is 2.29. The highest BCUT2D eigenvalue weighted by atomic mass is 32.2. The number of rotatable bonds is 6. The summed E-state index contributed by atoms with van der Waals surface area (Å²) in [4.78, 5) is 17.0. The molecule has 2 aromatic heterocycles. The third kappa shape index (κ3) is 4.21. The minimum absolute atomic E-state index is 0.0579. The van der Waals surface area contributed by atoms with E-state index >= 15 is 0 Å². The van der Waals surface area contributed by atoms with Crippen LogP contribution in [0.15, 0.2) is 72.1 Å². The Labute approximate surface area is 189 Å². The number of halogens is 1. The summed E-state index contributed by atoms with van der Waals surface area (Å²) in [7, 11) is 0. The van der Waals surface area contributed by atoms with Gasteiger partial charge >= 0.3 is 0 Å². The quantitative estimate of drug-likeness (QED) is 0.297. The van der Waals surface area contributed by atoms with Crippen LogP contribution in [0.3, 0.4) is 0 Å². The van der Waals surface area contributed by atoms with Gasteiger partial charge in [0.05, 0.1) is 5.75 Å². The monoisotopic (exact) mass is 444 g/mol. The number of pyridine rings is 1. The minimum atomic E-state index is -0.316. The van der Waals surface area contributed by atoms with E-state index in [4.69, 9.17) is 0 Å². The Hall–Kier alpha value is -3.32. The molecule has 0 amide bonds. The van der Waals surface area contributed by atoms with Crippen LogP contribution in [-0.2, 0) is 12.8 Å². The van der Waals surface area contributed by atoms with Crippen molar-refractivity contribution in [3.05, 3.63) is 89.5 Å². The molecule has 0 unspecified atom stereocenters. The lowest BCUT2D eigenvalue weighted by molar-refractivity contribution is 0.102. The normalized spacial score (nSPS) is 13.0. The van der Waals surface area contributed by atoms with Crippen LogP contribution < -0.4 is 0 Å². The van der Waals surface area contributed by atoms with Crippen LogP contribution in [0.25, 0.3) is 17.1 Å². The summed E-state index contributed by atoms with van der Waals surface area (Å²) >= 11 is 1.33. The minimum Gasteiger partial charge on any atom is -0.293 e. The molecule has 5 nitrogen and oxygen atoms in total. The molecule has 1 aliphatic carbocycles. The van der Waals surface area contributed by atoms with Crippen molar-refractivity contribution in [3.63, 3.8) is 0 Å². The predicted octanol–water partition coefficient (Wildman–Crippen LogP) is 5.32. The van der Waals surface area contributed by atoms with Crippen LogP contribution in [-0.4, -0.2) is 31.3 Å². The molecule has 0 saturated carbocycles. The van der Waals surface area contributed by atoms with E-state index in [1.54, 1.807) is 24.5 Å². The van der Waals surface area contributed by atoms with Crippen molar-refractivity contribution in [1.29, 1.82) is 0 Å². The molecular weight excluding hydrogens is 423 g/mol. The van der Waals surface area contributed by atoms with Crippen LogP contribution >= 0.6 is 11.8 Å². The number of carbonyl (C=O) groups is 1. The molecule has 7 heteroatoms. The second kappa shape index (κ2) is 9.04. The summed E-state index contributed by atoms with van der Waals surface area (Å²) in [5.41, 5.74) is 4.96. The summed E-state index contributed by atoms with van der Waals surface area (Å²) in [6, 6.07) is 15.9. The van der Waals surface area contributed by atoms with E-state index in [-0.39, 0.29) is 17.4 Å². The number of fused-ring (bicyclic) bond motifs is 1. The lowest BCUT2D eigenvalue weighted by Gasteiger charge is -2.16. The second-order valence-electron chi connectivity index (χ2n) is 7.76. The van der Waals surface area contributed by atoms with Gasteiger partial charge in [-0.25, -0.2) is 4.39 Å². The van der Waals surface area contributed by atoms with E-state index in [2.05, 4.69) is 21.2 Å². The molecule has 2 aromatic carbocycles. The van der Waals surface area contributed by atoms with E-state index in [9.17, 15) is 9.18 Å². The summed E-state index contributed by atoms with van der Waals surface area (Å²) in [6.45, 7) is 0. The molecule has 0 saturated heterocycles. The standard InChI is InChI=1S/C25H21FN4OS/c26-21-7-9-22(10-8-21)30-24(18-11-13-27-14-12-18)28-29-25(30)32-16-23(31)20-6-5-17-3-1-2-4-19(17)15-20/h5-15H,1-4,16H2. The van der Waals surface area contributed by atoms with Gasteiger partial charge in [-0.15, -0.1) is 10.2 Å². The van der Waals surface area contributed by atoms with Crippen LogP contribution in [0.4, 0.5) is 4.39 Å². The van der Waals surface area contributed by atoms with Crippen LogP contribution in [0.5, 0.6) is 0 Å². The van der Waals surface area contributed by atoms with Crippen molar-refractivity contribution in [2.75, 3.05) is 5.75 Å². The van der Waals surface area contributed by atoms with Crippen molar-refractivity contribution in [2.24, 2.45) is 0 Å². The first kappa shape index (κ1) is 20.6. The highest BCUT2D eigenvalue weighted by molar-refractivity contribution is 7.99. The average molecular weight is 445 g/mol. The van der Waals surface area contributed by atoms with Gasteiger partial charge in [-0.05, 0) is 79.3 Å². The fraction of sp³-hybridized carbons (Fsp3) is 0.200. The Morgan fingerprint density at radius 1 is 0.938 bits per heavy atom. The summed E-state index contributed by atoms with van der Waals surface area (Å²) in [5, 5.41) is 9.27. The molecule has 0 fully saturated rings. The van der Waals surface area contributed by atoms with Gasteiger partial charge in [-0.3, -0.25) is 14.3 Å². The Bertz CT molecular complexity index is 1250. The molecule has 160 valence electrons. The predicted molar refractivity (Wildman–Crippen MR) is 123 cm³/mol. The number of hydrogen-bond donors (Lipinski definition) is 0. The van der Waals surface area contributed by atoms with Gasteiger partial charge in [0.25, 0.3) is 0 Å². The van der Waals surface area contributed by atoms with Gasteiger partial charge < -0.3 is 0 Å². The molecule has 2 heterocycles. The number of thioether (sulfide) groups is 1. The maximum atomic E-state index is 13.5. The zero-order valence-electron chi connectivity index (χ0n) is 17.4. The maximum Gasteiger partial charge on any atom is 0.196 e. The SMILES string of the molecule is O=C(CSc1nnc(-c2ccncc2)n1-c1ccc(F)cc1)c1ccc2c(c1)CCCC2. The number of Topliss-reactive ketones (excluding diaryl/α,β-unsaturated/α-hetero) is 1. The summed E-state index contributed by atoms with van der Waals surface area (Å²) in [6.07, 6.45) is 7.90. The number of benzene rings is 2. The van der Waals surface area contributed by atoms with Crippen LogP contribution in [0.2, 0.25) is 0 Å². The molecular formula is C25H21FN4OS. The molecule has 0 atom stereocenters. The first-order valence-corrected chi connectivity index (χ1v) is 11.6. The lowest BCUT2D eigenvalue weighted by Crippen LogP contribution is -2.08. The number of carbonyl (C=O) groups excluding carboxylic acids is 1. The van der Waals surface area contributed by atoms with Crippen molar-refractivity contribution in [2.45, 2.75) is 30.8 Å². The topological polar surface area (TPSA) is 60.7 Å². The Morgan fingerprint density at radius 2 is 1.69 bits per heavy atom. The molecule has 0 spiro atoms. The van der Waals surface area contributed by atoms with Crippen molar-refractivity contribution in [1.82, 2.24) is 19.7 Å². The van der Waals surface area contributed by atoms with Gasteiger partial charge in [0, 0.05) is 29.2 Å². The third-order valence-corrected chi connectivity index (χ3v) is 6.59. The number of hydrogen-bond acceptors (Lipinski definition) is 5. The first-order valence-electron chi connectivity index (χ1n) is 10.6. The van der Waals surface area contributed by atoms with E-state index < -0.39 is 0 Å². The van der Waals surface area contributed by atoms with Gasteiger partial charge in [0.1, 0.15) is 5.82 Å². The number of aromatic nitrogens is 4. The van der Waals surface area contributed by atoms with E-state index in [1.165, 1.54) is 47.9 Å². The first-order chi connectivity index (χ1) is 15.7. The molecule has 0 N–H and O–H groups in total. The molecule has 0 bridgehead atoms. The zero-order chi connectivity index (χ0) is 21.9. The smallest absolute Gasteiger partial charge is 0.196 e. The van der Waals surface area contributed by atoms with Gasteiger partial charge in [-0.2, -0.15) is 0 Å². The zero-order valence-corrected chi connectivity index (χ0v) is 18.2. The highest BCUT2D eigenvalue weighted by Gasteiger charge is 2.19. The fourth-order valence-corrected chi connectivity index (χ4v) is 4.84. The Kier molecular flexibility index (Phi) is 5.81. The molecule has 5 rings (SSSR count). The third-order valence-electron chi connectivity index (χ3n) is 5.66. The molecule has 1 aliphatic rings. The van der Waals surface area contributed by atoms with Crippen molar-refractivity contribution >= 4 is 17.5 Å². The molecule has 4 aromatic rings. The van der Waals surface area contributed by atoms with Crippen LogP contribution in [0, 0.1) is 5.82 Å². The second-order valence-corrected chi connectivity index (χ2v) is 8.70. The maximum absolute atomic E-state index is 13.5. The van der Waals surface area contributed by atoms with E-state index in [1.807, 2.05) is 28.8 Å². The summed E-state index contributed by atoms with van der Waals surface area (Å²) in [5.74, 6) is 0.600. The largest absolute Gasteiger partial charge is 0.293 e. The fourth-order valence-electron chi connectivity index (χ4n) is 3.99. The van der Waals surface area contributed by atoms with E-state index in [0.717, 1.165) is 29.7 Å². The van der Waals surface area contributed by atoms with Crippen molar-refractivity contribution < 1.29 is 9.18 Å². The number of aryl methyl sites for hydroxylation is 2. The average Bonchev–Trinajstić information content (AvgIpc) is 3.27. The number of ketones is 1. The van der Waals surface area contributed by atoms with Gasteiger partial charge in [0.15, 0.2) is 16.8 Å². The Balaban J connectivity index is 1.43. The molecule has 32 heavy (non-hydrogen) atoms. The van der Waals surface area contributed by atoms with Crippen molar-refractivity contribution in [3.8, 4) is 17.1 Å². The lowest BCUT2D eigenvalue weighted by atomic mass is 9.90.